The molecule has 1 atom stereocenters. The molecule has 10 heteroatoms. The van der Waals surface area contributed by atoms with Gasteiger partial charge in [0.2, 0.25) is 5.95 Å². The van der Waals surface area contributed by atoms with E-state index in [0.717, 1.165) is 43.6 Å². The third kappa shape index (κ3) is 4.78. The first-order valence-electron chi connectivity index (χ1n) is 10.7. The highest BCUT2D eigenvalue weighted by molar-refractivity contribution is 5.92. The Hall–Kier alpha value is -3.17. The zero-order valence-corrected chi connectivity index (χ0v) is 18.1. The lowest BCUT2D eigenvalue weighted by Gasteiger charge is -2.24. The van der Waals surface area contributed by atoms with Crippen molar-refractivity contribution in [3.63, 3.8) is 0 Å². The van der Waals surface area contributed by atoms with Gasteiger partial charge >= 0.3 is 6.09 Å². The van der Waals surface area contributed by atoms with Gasteiger partial charge in [-0.25, -0.2) is 9.78 Å². The number of alkyl carbamates (subject to hydrolysis) is 1. The number of carbonyl (C=O) groups is 1. The summed E-state index contributed by atoms with van der Waals surface area (Å²) in [6, 6.07) is 4.64. The average molecular weight is 428 g/mol. The molecule has 0 unspecified atom stereocenters. The molecular weight excluding hydrogens is 400 g/mol. The second-order valence-electron chi connectivity index (χ2n) is 9.08. The summed E-state index contributed by atoms with van der Waals surface area (Å²) in [5.41, 5.74) is 0.0185. The molecule has 0 saturated carbocycles. The summed E-state index contributed by atoms with van der Waals surface area (Å²) in [5, 5.41) is 15.0. The maximum Gasteiger partial charge on any atom is 0.407 e. The van der Waals surface area contributed by atoms with Crippen molar-refractivity contribution in [3.8, 4) is 0 Å². The SMILES string of the molecule is CC(C)(C)OC(=O)N[C@@H]1CCN(c2nc(N3CCCC3)nc3cc([N+](=O)[O-])ccc23)C1. The number of nitro benzene ring substituents is 1. The van der Waals surface area contributed by atoms with Gasteiger partial charge in [0, 0.05) is 43.7 Å². The van der Waals surface area contributed by atoms with Crippen LogP contribution in [0.3, 0.4) is 0 Å². The van der Waals surface area contributed by atoms with E-state index in [1.807, 2.05) is 20.8 Å². The van der Waals surface area contributed by atoms with Crippen molar-refractivity contribution in [1.29, 1.82) is 0 Å². The molecule has 4 rings (SSSR count). The lowest BCUT2D eigenvalue weighted by molar-refractivity contribution is -0.384. The molecule has 1 N–H and O–H groups in total. The normalized spacial score (nSPS) is 19.1. The maximum atomic E-state index is 12.2. The zero-order chi connectivity index (χ0) is 22.2. The Morgan fingerprint density at radius 2 is 1.94 bits per heavy atom. The number of carbonyl (C=O) groups excluding carboxylic acids is 1. The molecule has 2 saturated heterocycles. The summed E-state index contributed by atoms with van der Waals surface area (Å²) in [6.45, 7) is 8.55. The highest BCUT2D eigenvalue weighted by Gasteiger charge is 2.29. The van der Waals surface area contributed by atoms with E-state index in [1.165, 1.54) is 12.1 Å². The van der Waals surface area contributed by atoms with Crippen molar-refractivity contribution in [2.75, 3.05) is 36.0 Å². The molecule has 0 aliphatic carbocycles. The minimum Gasteiger partial charge on any atom is -0.444 e. The van der Waals surface area contributed by atoms with Gasteiger partial charge < -0.3 is 19.9 Å². The quantitative estimate of drug-likeness (QED) is 0.583. The number of hydrogen-bond donors (Lipinski definition) is 1. The van der Waals surface area contributed by atoms with Gasteiger partial charge in [-0.15, -0.1) is 0 Å². The van der Waals surface area contributed by atoms with E-state index in [1.54, 1.807) is 6.07 Å². The summed E-state index contributed by atoms with van der Waals surface area (Å²) in [7, 11) is 0. The number of nitro groups is 1. The van der Waals surface area contributed by atoms with E-state index in [-0.39, 0.29) is 11.7 Å². The second kappa shape index (κ2) is 8.16. The summed E-state index contributed by atoms with van der Waals surface area (Å²) < 4.78 is 5.37. The number of rotatable bonds is 4. The molecule has 31 heavy (non-hydrogen) atoms. The smallest absolute Gasteiger partial charge is 0.407 e. The molecule has 0 spiro atoms. The average Bonchev–Trinajstić information content (AvgIpc) is 3.37. The van der Waals surface area contributed by atoms with Crippen LogP contribution in [0.1, 0.15) is 40.0 Å². The van der Waals surface area contributed by atoms with Crippen molar-refractivity contribution >= 4 is 34.4 Å². The van der Waals surface area contributed by atoms with E-state index >= 15 is 0 Å². The highest BCUT2D eigenvalue weighted by Crippen LogP contribution is 2.32. The maximum absolute atomic E-state index is 12.2. The number of fused-ring (bicyclic) bond motifs is 1. The Labute approximate surface area is 180 Å². The number of nitrogens with one attached hydrogen (secondary N) is 1. The Morgan fingerprint density at radius 1 is 1.19 bits per heavy atom. The first-order chi connectivity index (χ1) is 14.7. The topological polar surface area (TPSA) is 114 Å². The van der Waals surface area contributed by atoms with Crippen LogP contribution >= 0.6 is 0 Å². The Balaban J connectivity index is 1.61. The van der Waals surface area contributed by atoms with Crippen LogP contribution in [0.15, 0.2) is 18.2 Å². The van der Waals surface area contributed by atoms with Crippen molar-refractivity contribution in [3.05, 3.63) is 28.3 Å². The van der Waals surface area contributed by atoms with Gasteiger partial charge in [-0.05, 0) is 46.1 Å². The van der Waals surface area contributed by atoms with Gasteiger partial charge in [-0.1, -0.05) is 0 Å². The molecule has 1 aromatic heterocycles. The monoisotopic (exact) mass is 428 g/mol. The fraction of sp³-hybridized carbons (Fsp3) is 0.571. The number of amides is 1. The van der Waals surface area contributed by atoms with Crippen LogP contribution < -0.4 is 15.1 Å². The first-order valence-corrected chi connectivity index (χ1v) is 10.7. The molecular formula is C21H28N6O4. The van der Waals surface area contributed by atoms with Crippen LogP contribution in [0, 0.1) is 10.1 Å². The summed E-state index contributed by atoms with van der Waals surface area (Å²) in [5.74, 6) is 1.35. The van der Waals surface area contributed by atoms with Crippen LogP contribution in [0.5, 0.6) is 0 Å². The summed E-state index contributed by atoms with van der Waals surface area (Å²) in [4.78, 5) is 36.7. The van der Waals surface area contributed by atoms with E-state index in [2.05, 4.69) is 20.1 Å². The molecule has 1 aromatic carbocycles. The van der Waals surface area contributed by atoms with Crippen LogP contribution in [0.25, 0.3) is 10.9 Å². The van der Waals surface area contributed by atoms with Crippen molar-refractivity contribution < 1.29 is 14.5 Å². The Bertz CT molecular complexity index is 999. The number of benzene rings is 1. The molecule has 2 aliphatic heterocycles. The summed E-state index contributed by atoms with van der Waals surface area (Å²) >= 11 is 0. The van der Waals surface area contributed by atoms with Crippen LogP contribution in [0.4, 0.5) is 22.2 Å². The molecule has 166 valence electrons. The standard InChI is InChI=1S/C21H28N6O4/c1-21(2,3)31-20(28)22-14-8-11-26(13-14)18-16-7-6-15(27(29)30)12-17(16)23-19(24-18)25-9-4-5-10-25/h6-7,12,14H,4-5,8-11,13H2,1-3H3,(H,22,28)/t14-/m1/s1. The molecule has 1 amide bonds. The second-order valence-corrected chi connectivity index (χ2v) is 9.08. The fourth-order valence-electron chi connectivity index (χ4n) is 4.05. The minimum atomic E-state index is -0.551. The van der Waals surface area contributed by atoms with Gasteiger partial charge in [0.05, 0.1) is 16.5 Å². The van der Waals surface area contributed by atoms with E-state index in [4.69, 9.17) is 9.72 Å². The third-order valence-electron chi connectivity index (χ3n) is 5.46. The zero-order valence-electron chi connectivity index (χ0n) is 18.1. The van der Waals surface area contributed by atoms with Gasteiger partial charge in [0.15, 0.2) is 0 Å². The van der Waals surface area contributed by atoms with Crippen LogP contribution in [0.2, 0.25) is 0 Å². The van der Waals surface area contributed by atoms with Crippen molar-refractivity contribution in [2.24, 2.45) is 0 Å². The summed E-state index contributed by atoms with van der Waals surface area (Å²) in [6.07, 6.45) is 2.49. The third-order valence-corrected chi connectivity index (χ3v) is 5.46. The first kappa shape index (κ1) is 21.1. The lowest BCUT2D eigenvalue weighted by atomic mass is 10.2. The minimum absolute atomic E-state index is 0.00964. The largest absolute Gasteiger partial charge is 0.444 e. The number of anilines is 2. The van der Waals surface area contributed by atoms with Crippen molar-refractivity contribution in [1.82, 2.24) is 15.3 Å². The molecule has 2 aromatic rings. The Kier molecular flexibility index (Phi) is 5.55. The molecule has 0 bridgehead atoms. The van der Waals surface area contributed by atoms with E-state index < -0.39 is 16.6 Å². The lowest BCUT2D eigenvalue weighted by Crippen LogP contribution is -2.40. The number of aromatic nitrogens is 2. The number of non-ortho nitro benzene ring substituents is 1. The van der Waals surface area contributed by atoms with Crippen LogP contribution in [-0.2, 0) is 4.74 Å². The van der Waals surface area contributed by atoms with Gasteiger partial charge in [-0.3, -0.25) is 10.1 Å². The predicted octanol–water partition coefficient (Wildman–Crippen LogP) is 3.24. The van der Waals surface area contributed by atoms with Gasteiger partial charge in [0.1, 0.15) is 11.4 Å². The van der Waals surface area contributed by atoms with Crippen LogP contribution in [-0.4, -0.2) is 58.8 Å². The molecule has 2 fully saturated rings. The fourth-order valence-corrected chi connectivity index (χ4v) is 4.05. The number of hydrogen-bond acceptors (Lipinski definition) is 8. The van der Waals surface area contributed by atoms with Crippen molar-refractivity contribution in [2.45, 2.75) is 51.7 Å². The number of nitrogens with zero attached hydrogens (tertiary/aromatic N) is 5. The molecule has 0 radical (unpaired) electrons. The highest BCUT2D eigenvalue weighted by atomic mass is 16.6. The Morgan fingerprint density at radius 3 is 2.61 bits per heavy atom. The molecule has 10 nitrogen and oxygen atoms in total. The van der Waals surface area contributed by atoms with Gasteiger partial charge in [0.25, 0.3) is 5.69 Å². The predicted molar refractivity (Wildman–Crippen MR) is 118 cm³/mol. The molecule has 3 heterocycles. The molecule has 2 aliphatic rings. The van der Waals surface area contributed by atoms with Gasteiger partial charge in [-0.2, -0.15) is 4.98 Å². The number of ether oxygens (including phenoxy) is 1. The van der Waals surface area contributed by atoms with E-state index in [9.17, 15) is 14.9 Å². The van der Waals surface area contributed by atoms with E-state index in [0.29, 0.717) is 24.6 Å².